The molecular formula is C13H9BrCl2O2S2. The zero-order chi connectivity index (χ0) is 14.6. The highest BCUT2D eigenvalue weighted by Gasteiger charge is 2.25. The van der Waals surface area contributed by atoms with Crippen molar-refractivity contribution in [1.29, 1.82) is 0 Å². The first kappa shape index (κ1) is 14.7. The molecule has 106 valence electrons. The maximum absolute atomic E-state index is 6.44. The van der Waals surface area contributed by atoms with Gasteiger partial charge in [0.1, 0.15) is 11.5 Å². The van der Waals surface area contributed by atoms with Crippen molar-refractivity contribution in [2.75, 3.05) is 14.2 Å². The standard InChI is InChI=1S/C13H9BrCl2O2S2/c1-4-7(15)5-9(17-2)12-6(8(16)13(14)20-12)10(18-3)11(5)19-4/h1-3H3. The van der Waals surface area contributed by atoms with Crippen LogP contribution in [0.15, 0.2) is 3.79 Å². The topological polar surface area (TPSA) is 18.5 Å². The van der Waals surface area contributed by atoms with Crippen LogP contribution in [0.5, 0.6) is 11.5 Å². The number of ether oxygens (including phenoxy) is 2. The van der Waals surface area contributed by atoms with Crippen molar-refractivity contribution >= 4 is 82.0 Å². The first-order chi connectivity index (χ1) is 9.51. The highest BCUT2D eigenvalue weighted by molar-refractivity contribution is 9.11. The lowest BCUT2D eigenvalue weighted by molar-refractivity contribution is 0.419. The van der Waals surface area contributed by atoms with Crippen LogP contribution in [0.1, 0.15) is 4.88 Å². The summed E-state index contributed by atoms with van der Waals surface area (Å²) in [5.74, 6) is 1.51. The number of rotatable bonds is 2. The lowest BCUT2D eigenvalue weighted by Crippen LogP contribution is -1.89. The highest BCUT2D eigenvalue weighted by atomic mass is 79.9. The van der Waals surface area contributed by atoms with Gasteiger partial charge in [-0.15, -0.1) is 22.7 Å². The Balaban J connectivity index is 2.67. The fourth-order valence-corrected chi connectivity index (χ4v) is 5.66. The van der Waals surface area contributed by atoms with Gasteiger partial charge in [-0.25, -0.2) is 0 Å². The van der Waals surface area contributed by atoms with E-state index in [1.54, 1.807) is 25.6 Å². The second kappa shape index (κ2) is 5.21. The predicted molar refractivity (Wildman–Crippen MR) is 92.8 cm³/mol. The Bertz CT molecular complexity index is 768. The van der Waals surface area contributed by atoms with Gasteiger partial charge < -0.3 is 9.47 Å². The first-order valence-electron chi connectivity index (χ1n) is 5.61. The Hall–Kier alpha value is -0.200. The third kappa shape index (κ3) is 1.87. The molecule has 0 aliphatic carbocycles. The molecule has 0 amide bonds. The van der Waals surface area contributed by atoms with Crippen LogP contribution in [0.2, 0.25) is 10.0 Å². The minimum absolute atomic E-state index is 0.643. The number of hydrogen-bond donors (Lipinski definition) is 0. The summed E-state index contributed by atoms with van der Waals surface area (Å²) in [5, 5.41) is 3.12. The second-order valence-corrected chi connectivity index (χ2v) is 8.46. The third-order valence-corrected chi connectivity index (χ3v) is 7.36. The fraction of sp³-hybridized carbons (Fsp3) is 0.231. The van der Waals surface area contributed by atoms with Gasteiger partial charge in [-0.1, -0.05) is 23.2 Å². The molecule has 7 heteroatoms. The van der Waals surface area contributed by atoms with Crippen LogP contribution in [-0.4, -0.2) is 14.2 Å². The Kier molecular flexibility index (Phi) is 3.84. The minimum Gasteiger partial charge on any atom is -0.495 e. The van der Waals surface area contributed by atoms with E-state index in [0.717, 1.165) is 40.3 Å². The van der Waals surface area contributed by atoms with Gasteiger partial charge in [0, 0.05) is 4.88 Å². The van der Waals surface area contributed by atoms with Gasteiger partial charge in [-0.2, -0.15) is 0 Å². The molecule has 20 heavy (non-hydrogen) atoms. The van der Waals surface area contributed by atoms with Crippen molar-refractivity contribution in [2.45, 2.75) is 6.92 Å². The molecule has 0 bridgehead atoms. The molecule has 0 saturated heterocycles. The normalized spacial score (nSPS) is 11.5. The molecule has 0 fully saturated rings. The van der Waals surface area contributed by atoms with E-state index >= 15 is 0 Å². The van der Waals surface area contributed by atoms with E-state index in [0.29, 0.717) is 10.0 Å². The maximum atomic E-state index is 6.44. The number of fused-ring (bicyclic) bond motifs is 2. The average Bonchev–Trinajstić information content (AvgIpc) is 2.88. The van der Waals surface area contributed by atoms with Crippen molar-refractivity contribution in [3.05, 3.63) is 18.7 Å². The summed E-state index contributed by atoms with van der Waals surface area (Å²) in [5.41, 5.74) is 0. The van der Waals surface area contributed by atoms with Crippen LogP contribution in [0, 0.1) is 6.92 Å². The molecule has 0 aliphatic rings. The summed E-state index contributed by atoms with van der Waals surface area (Å²) >= 11 is 19.4. The lowest BCUT2D eigenvalue weighted by atomic mass is 10.1. The fourth-order valence-electron chi connectivity index (χ4n) is 2.25. The van der Waals surface area contributed by atoms with Gasteiger partial charge in [0.05, 0.1) is 48.2 Å². The quantitative estimate of drug-likeness (QED) is 0.478. The van der Waals surface area contributed by atoms with Gasteiger partial charge in [0.25, 0.3) is 0 Å². The zero-order valence-electron chi connectivity index (χ0n) is 10.8. The van der Waals surface area contributed by atoms with Crippen molar-refractivity contribution in [1.82, 2.24) is 0 Å². The number of halogens is 3. The number of thiophene rings is 2. The summed E-state index contributed by atoms with van der Waals surface area (Å²) in [4.78, 5) is 1.03. The molecular weight excluding hydrogens is 403 g/mol. The number of benzene rings is 1. The van der Waals surface area contributed by atoms with E-state index in [-0.39, 0.29) is 0 Å². The highest BCUT2D eigenvalue weighted by Crippen LogP contribution is 2.55. The van der Waals surface area contributed by atoms with Gasteiger partial charge in [-0.3, -0.25) is 0 Å². The first-order valence-corrected chi connectivity index (χ1v) is 8.79. The third-order valence-electron chi connectivity index (χ3n) is 3.10. The molecule has 3 rings (SSSR count). The van der Waals surface area contributed by atoms with E-state index in [4.69, 9.17) is 32.7 Å². The monoisotopic (exact) mass is 410 g/mol. The molecule has 0 radical (unpaired) electrons. The predicted octanol–water partition coefficient (Wildman–Crippen LogP) is 6.51. The van der Waals surface area contributed by atoms with Crippen LogP contribution >= 0.6 is 61.8 Å². The number of aryl methyl sites for hydroxylation is 1. The van der Waals surface area contributed by atoms with Gasteiger partial charge >= 0.3 is 0 Å². The molecule has 0 saturated carbocycles. The summed E-state index contributed by atoms with van der Waals surface area (Å²) in [6.45, 7) is 1.98. The van der Waals surface area contributed by atoms with Crippen LogP contribution in [-0.2, 0) is 0 Å². The summed E-state index contributed by atoms with van der Waals surface area (Å²) in [7, 11) is 3.29. The van der Waals surface area contributed by atoms with Gasteiger partial charge in [-0.05, 0) is 22.9 Å². The number of hydrogen-bond acceptors (Lipinski definition) is 4. The Morgan fingerprint density at radius 3 is 1.95 bits per heavy atom. The maximum Gasteiger partial charge on any atom is 0.147 e. The summed E-state index contributed by atoms with van der Waals surface area (Å²) in [6, 6.07) is 0. The van der Waals surface area contributed by atoms with E-state index in [1.165, 1.54) is 11.3 Å². The molecule has 0 aliphatic heterocycles. The van der Waals surface area contributed by atoms with E-state index in [1.807, 2.05) is 6.92 Å². The average molecular weight is 412 g/mol. The van der Waals surface area contributed by atoms with Gasteiger partial charge in [0.2, 0.25) is 0 Å². The van der Waals surface area contributed by atoms with Crippen LogP contribution in [0.3, 0.4) is 0 Å². The van der Waals surface area contributed by atoms with Crippen molar-refractivity contribution in [3.63, 3.8) is 0 Å². The Morgan fingerprint density at radius 2 is 1.40 bits per heavy atom. The second-order valence-electron chi connectivity index (χ2n) is 4.14. The van der Waals surface area contributed by atoms with Crippen molar-refractivity contribution < 1.29 is 9.47 Å². The number of methoxy groups -OCH3 is 2. The molecule has 1 aromatic carbocycles. The molecule has 0 unspecified atom stereocenters. The molecule has 0 spiro atoms. The molecule has 2 aromatic heterocycles. The molecule has 0 atom stereocenters. The Morgan fingerprint density at radius 1 is 0.900 bits per heavy atom. The van der Waals surface area contributed by atoms with Crippen LogP contribution in [0.4, 0.5) is 0 Å². The zero-order valence-corrected chi connectivity index (χ0v) is 15.5. The Labute approximate surface area is 142 Å². The van der Waals surface area contributed by atoms with Gasteiger partial charge in [0.15, 0.2) is 0 Å². The molecule has 3 aromatic rings. The van der Waals surface area contributed by atoms with Crippen molar-refractivity contribution in [3.8, 4) is 11.5 Å². The van der Waals surface area contributed by atoms with E-state index < -0.39 is 0 Å². The molecule has 2 nitrogen and oxygen atoms in total. The largest absolute Gasteiger partial charge is 0.495 e. The lowest BCUT2D eigenvalue weighted by Gasteiger charge is -2.09. The SMILES string of the molecule is COc1c2sc(Br)c(Cl)c2c(OC)c2sc(C)c(Cl)c12. The summed E-state index contributed by atoms with van der Waals surface area (Å²) < 4.78 is 14.0. The van der Waals surface area contributed by atoms with E-state index in [9.17, 15) is 0 Å². The smallest absolute Gasteiger partial charge is 0.147 e. The van der Waals surface area contributed by atoms with Crippen LogP contribution in [0.25, 0.3) is 20.2 Å². The van der Waals surface area contributed by atoms with Crippen molar-refractivity contribution in [2.24, 2.45) is 0 Å². The minimum atomic E-state index is 0.643. The molecule has 2 heterocycles. The van der Waals surface area contributed by atoms with Crippen LogP contribution < -0.4 is 9.47 Å². The van der Waals surface area contributed by atoms with E-state index in [2.05, 4.69) is 15.9 Å². The summed E-state index contributed by atoms with van der Waals surface area (Å²) in [6.07, 6.45) is 0. The molecule has 0 N–H and O–H groups in total.